The summed E-state index contributed by atoms with van der Waals surface area (Å²) in [5.74, 6) is 0. The van der Waals surface area contributed by atoms with Crippen LogP contribution in [-0.4, -0.2) is 23.7 Å². The van der Waals surface area contributed by atoms with E-state index in [1.54, 1.807) is 12.1 Å². The molecule has 3 atom stereocenters. The predicted molar refractivity (Wildman–Crippen MR) is 60.3 cm³/mol. The SMILES string of the molecule is C[C@@H]1O[C@H](c2cccc([N+](=O)[O-])c2)OC[C@H]1N. The van der Waals surface area contributed by atoms with Crippen molar-refractivity contribution in [1.29, 1.82) is 0 Å². The van der Waals surface area contributed by atoms with Gasteiger partial charge in [-0.05, 0) is 6.92 Å². The minimum Gasteiger partial charge on any atom is -0.347 e. The van der Waals surface area contributed by atoms with Crippen LogP contribution in [0.1, 0.15) is 18.8 Å². The van der Waals surface area contributed by atoms with Crippen LogP contribution in [-0.2, 0) is 9.47 Å². The van der Waals surface area contributed by atoms with Crippen molar-refractivity contribution in [2.24, 2.45) is 5.73 Å². The minimum atomic E-state index is -0.579. The van der Waals surface area contributed by atoms with Crippen molar-refractivity contribution in [3.63, 3.8) is 0 Å². The number of hydrogen-bond donors (Lipinski definition) is 1. The Morgan fingerprint density at radius 2 is 2.29 bits per heavy atom. The average molecular weight is 238 g/mol. The van der Waals surface area contributed by atoms with Crippen LogP contribution in [0.2, 0.25) is 0 Å². The van der Waals surface area contributed by atoms with Crippen LogP contribution in [0.5, 0.6) is 0 Å². The summed E-state index contributed by atoms with van der Waals surface area (Å²) in [7, 11) is 0. The van der Waals surface area contributed by atoms with E-state index < -0.39 is 11.2 Å². The molecule has 1 aromatic rings. The lowest BCUT2D eigenvalue weighted by molar-refractivity contribution is -0.385. The van der Waals surface area contributed by atoms with Crippen LogP contribution in [0, 0.1) is 10.1 Å². The Labute approximate surface area is 98.5 Å². The molecule has 6 nitrogen and oxygen atoms in total. The summed E-state index contributed by atoms with van der Waals surface area (Å²) in [6, 6.07) is 6.07. The molecule has 0 unspecified atom stereocenters. The second kappa shape index (κ2) is 4.79. The fraction of sp³-hybridized carbons (Fsp3) is 0.455. The Morgan fingerprint density at radius 1 is 1.53 bits per heavy atom. The van der Waals surface area contributed by atoms with Gasteiger partial charge in [-0.1, -0.05) is 12.1 Å². The van der Waals surface area contributed by atoms with Crippen LogP contribution < -0.4 is 5.73 Å². The van der Waals surface area contributed by atoms with E-state index in [1.807, 2.05) is 6.92 Å². The second-order valence-corrected chi connectivity index (χ2v) is 4.02. The largest absolute Gasteiger partial charge is 0.347 e. The molecule has 1 aliphatic heterocycles. The number of non-ortho nitro benzene ring substituents is 1. The maximum atomic E-state index is 10.7. The van der Waals surface area contributed by atoms with Gasteiger partial charge in [0.15, 0.2) is 6.29 Å². The molecule has 6 heteroatoms. The molecule has 0 aromatic heterocycles. The zero-order chi connectivity index (χ0) is 12.4. The van der Waals surface area contributed by atoms with E-state index >= 15 is 0 Å². The van der Waals surface area contributed by atoms with E-state index in [0.717, 1.165) is 0 Å². The lowest BCUT2D eigenvalue weighted by Crippen LogP contribution is -2.44. The Hall–Kier alpha value is -1.50. The standard InChI is InChI=1S/C11H14N2O4/c1-7-10(12)6-16-11(17-7)8-3-2-4-9(5-8)13(14)15/h2-5,7,10-11H,6,12H2,1H3/t7-,10+,11+/m0/s1. The monoisotopic (exact) mass is 238 g/mol. The summed E-state index contributed by atoms with van der Waals surface area (Å²) in [6.45, 7) is 2.24. The smallest absolute Gasteiger partial charge is 0.269 e. The van der Waals surface area contributed by atoms with Gasteiger partial charge in [0.2, 0.25) is 0 Å². The van der Waals surface area contributed by atoms with E-state index in [0.29, 0.717) is 12.2 Å². The Bertz CT molecular complexity index is 424. The molecule has 1 saturated heterocycles. The van der Waals surface area contributed by atoms with E-state index in [4.69, 9.17) is 15.2 Å². The molecule has 0 amide bonds. The summed E-state index contributed by atoms with van der Waals surface area (Å²) in [5, 5.41) is 10.7. The van der Waals surface area contributed by atoms with Gasteiger partial charge in [-0.25, -0.2) is 0 Å². The van der Waals surface area contributed by atoms with Crippen molar-refractivity contribution in [3.05, 3.63) is 39.9 Å². The molecule has 0 spiro atoms. The van der Waals surface area contributed by atoms with Crippen molar-refractivity contribution in [2.45, 2.75) is 25.4 Å². The highest BCUT2D eigenvalue weighted by atomic mass is 16.7. The topological polar surface area (TPSA) is 87.6 Å². The number of ether oxygens (including phenoxy) is 2. The van der Waals surface area contributed by atoms with Crippen LogP contribution in [0.4, 0.5) is 5.69 Å². The third kappa shape index (κ3) is 2.60. The summed E-state index contributed by atoms with van der Waals surface area (Å²) in [4.78, 5) is 10.2. The van der Waals surface area contributed by atoms with Crippen molar-refractivity contribution in [2.75, 3.05) is 6.61 Å². The third-order valence-electron chi connectivity index (χ3n) is 2.73. The first-order valence-electron chi connectivity index (χ1n) is 5.35. The van der Waals surface area contributed by atoms with Crippen LogP contribution in [0.25, 0.3) is 0 Å². The van der Waals surface area contributed by atoms with Crippen LogP contribution in [0.3, 0.4) is 0 Å². The Morgan fingerprint density at radius 3 is 2.94 bits per heavy atom. The molecule has 2 N–H and O–H groups in total. The summed E-state index contributed by atoms with van der Waals surface area (Å²) in [6.07, 6.45) is -0.710. The van der Waals surface area contributed by atoms with Crippen molar-refractivity contribution < 1.29 is 14.4 Å². The predicted octanol–water partition coefficient (Wildman–Crippen LogP) is 1.36. The number of hydrogen-bond acceptors (Lipinski definition) is 5. The fourth-order valence-corrected chi connectivity index (χ4v) is 1.63. The van der Waals surface area contributed by atoms with Crippen LogP contribution in [0.15, 0.2) is 24.3 Å². The third-order valence-corrected chi connectivity index (χ3v) is 2.73. The van der Waals surface area contributed by atoms with Crippen molar-refractivity contribution in [3.8, 4) is 0 Å². The molecule has 17 heavy (non-hydrogen) atoms. The molecular formula is C11H14N2O4. The molecule has 0 saturated carbocycles. The summed E-state index contributed by atoms with van der Waals surface area (Å²) < 4.78 is 11.0. The lowest BCUT2D eigenvalue weighted by atomic mass is 10.1. The van der Waals surface area contributed by atoms with Gasteiger partial charge < -0.3 is 15.2 Å². The maximum absolute atomic E-state index is 10.7. The van der Waals surface area contributed by atoms with Gasteiger partial charge in [0.05, 0.1) is 23.7 Å². The molecule has 1 fully saturated rings. The number of nitro benzene ring substituents is 1. The molecule has 92 valence electrons. The first-order valence-corrected chi connectivity index (χ1v) is 5.35. The Kier molecular flexibility index (Phi) is 3.37. The van der Waals surface area contributed by atoms with Crippen molar-refractivity contribution in [1.82, 2.24) is 0 Å². The first-order chi connectivity index (χ1) is 8.08. The molecule has 2 rings (SSSR count). The second-order valence-electron chi connectivity index (χ2n) is 4.02. The molecule has 0 bridgehead atoms. The van der Waals surface area contributed by atoms with Gasteiger partial charge in [-0.2, -0.15) is 0 Å². The number of nitrogens with zero attached hydrogens (tertiary/aromatic N) is 1. The molecular weight excluding hydrogens is 224 g/mol. The molecule has 1 aromatic carbocycles. The van der Waals surface area contributed by atoms with E-state index in [-0.39, 0.29) is 17.8 Å². The van der Waals surface area contributed by atoms with Gasteiger partial charge in [-0.3, -0.25) is 10.1 Å². The molecule has 0 aliphatic carbocycles. The van der Waals surface area contributed by atoms with Gasteiger partial charge in [0, 0.05) is 17.7 Å². The van der Waals surface area contributed by atoms with E-state index in [2.05, 4.69) is 0 Å². The fourth-order valence-electron chi connectivity index (χ4n) is 1.63. The number of nitro groups is 1. The number of rotatable bonds is 2. The summed E-state index contributed by atoms with van der Waals surface area (Å²) >= 11 is 0. The quantitative estimate of drug-likeness (QED) is 0.620. The van der Waals surface area contributed by atoms with Crippen molar-refractivity contribution >= 4 is 5.69 Å². The van der Waals surface area contributed by atoms with E-state index in [1.165, 1.54) is 12.1 Å². The maximum Gasteiger partial charge on any atom is 0.269 e. The average Bonchev–Trinajstić information content (AvgIpc) is 2.33. The normalized spacial score (nSPS) is 28.9. The number of benzene rings is 1. The summed E-state index contributed by atoms with van der Waals surface area (Å²) in [5.41, 5.74) is 6.40. The van der Waals surface area contributed by atoms with E-state index in [9.17, 15) is 10.1 Å². The first kappa shape index (κ1) is 12.0. The highest BCUT2D eigenvalue weighted by Crippen LogP contribution is 2.27. The molecule has 1 heterocycles. The zero-order valence-corrected chi connectivity index (χ0v) is 9.41. The minimum absolute atomic E-state index is 0.0252. The molecule has 0 radical (unpaired) electrons. The van der Waals surface area contributed by atoms with Gasteiger partial charge in [0.1, 0.15) is 0 Å². The number of nitrogens with two attached hydrogens (primary N) is 1. The highest BCUT2D eigenvalue weighted by Gasteiger charge is 2.27. The molecule has 1 aliphatic rings. The highest BCUT2D eigenvalue weighted by molar-refractivity contribution is 5.34. The lowest BCUT2D eigenvalue weighted by Gasteiger charge is -2.32. The van der Waals surface area contributed by atoms with Gasteiger partial charge >= 0.3 is 0 Å². The van der Waals surface area contributed by atoms with Crippen LogP contribution >= 0.6 is 0 Å². The van der Waals surface area contributed by atoms with Gasteiger partial charge in [0.25, 0.3) is 5.69 Å². The Balaban J connectivity index is 2.17. The zero-order valence-electron chi connectivity index (χ0n) is 9.41. The van der Waals surface area contributed by atoms with Gasteiger partial charge in [-0.15, -0.1) is 0 Å².